The molecule has 5 rings (SSSR count). The highest BCUT2D eigenvalue weighted by Gasteiger charge is 2.30. The molecule has 1 saturated heterocycles. The van der Waals surface area contributed by atoms with E-state index < -0.39 is 0 Å². The van der Waals surface area contributed by atoms with Crippen LogP contribution in [0.15, 0.2) is 60.9 Å². The maximum atomic E-state index is 12.8. The SMILES string of the molecule is Cn1nccc1C(=O)N1CCO[C@@H](c2nnn3cc(-c4ccccc4)ccc23)C1. The number of pyridine rings is 1. The third-order valence-corrected chi connectivity index (χ3v) is 5.25. The summed E-state index contributed by atoms with van der Waals surface area (Å²) >= 11 is 0. The number of aryl methyl sites for hydroxylation is 1. The van der Waals surface area contributed by atoms with Gasteiger partial charge in [-0.1, -0.05) is 41.6 Å². The number of hydrogen-bond donors (Lipinski definition) is 0. The Morgan fingerprint density at radius 2 is 1.97 bits per heavy atom. The van der Waals surface area contributed by atoms with Gasteiger partial charge in [0.15, 0.2) is 0 Å². The van der Waals surface area contributed by atoms with Crippen molar-refractivity contribution in [2.24, 2.45) is 7.05 Å². The molecule has 0 unspecified atom stereocenters. The van der Waals surface area contributed by atoms with Crippen molar-refractivity contribution >= 4 is 11.4 Å². The van der Waals surface area contributed by atoms with Gasteiger partial charge in [0.05, 0.1) is 18.7 Å². The summed E-state index contributed by atoms with van der Waals surface area (Å²) in [6, 6.07) is 15.9. The van der Waals surface area contributed by atoms with Crippen molar-refractivity contribution in [2.75, 3.05) is 19.7 Å². The lowest BCUT2D eigenvalue weighted by Gasteiger charge is -2.32. The lowest BCUT2D eigenvalue weighted by atomic mass is 10.1. The second kappa shape index (κ2) is 7.14. The lowest BCUT2D eigenvalue weighted by molar-refractivity contribution is -0.0244. The van der Waals surface area contributed by atoms with Crippen molar-refractivity contribution in [2.45, 2.75) is 6.10 Å². The Kier molecular flexibility index (Phi) is 4.33. The van der Waals surface area contributed by atoms with Crippen LogP contribution in [-0.4, -0.2) is 55.1 Å². The topological polar surface area (TPSA) is 77.5 Å². The molecule has 4 heterocycles. The van der Waals surface area contributed by atoms with Crippen LogP contribution in [0.4, 0.5) is 0 Å². The van der Waals surface area contributed by atoms with Crippen molar-refractivity contribution < 1.29 is 9.53 Å². The van der Waals surface area contributed by atoms with E-state index in [0.717, 1.165) is 22.3 Å². The molecule has 1 aliphatic heterocycles. The first-order valence-corrected chi connectivity index (χ1v) is 9.50. The van der Waals surface area contributed by atoms with Crippen LogP contribution >= 0.6 is 0 Å². The number of fused-ring (bicyclic) bond motifs is 1. The summed E-state index contributed by atoms with van der Waals surface area (Å²) in [7, 11) is 1.77. The third kappa shape index (κ3) is 3.17. The zero-order valence-corrected chi connectivity index (χ0v) is 16.0. The highest BCUT2D eigenvalue weighted by atomic mass is 16.5. The number of nitrogens with zero attached hydrogens (tertiary/aromatic N) is 6. The zero-order valence-electron chi connectivity index (χ0n) is 16.0. The standard InChI is InChI=1S/C21H20N6O2/c1-25-18(9-10-22-25)21(28)26-11-12-29-19(14-26)20-17-8-7-16(13-27(17)24-23-20)15-5-3-2-4-6-15/h2-10,13,19H,11-12,14H2,1H3/t19-/m1/s1. The van der Waals surface area contributed by atoms with Gasteiger partial charge in [-0.05, 0) is 17.7 Å². The van der Waals surface area contributed by atoms with E-state index in [4.69, 9.17) is 4.74 Å². The van der Waals surface area contributed by atoms with Crippen molar-refractivity contribution in [3.05, 3.63) is 72.3 Å². The van der Waals surface area contributed by atoms with E-state index in [1.54, 1.807) is 33.4 Å². The molecule has 0 aliphatic carbocycles. The fraction of sp³-hybridized carbons (Fsp3) is 0.238. The van der Waals surface area contributed by atoms with Gasteiger partial charge in [0.25, 0.3) is 5.91 Å². The summed E-state index contributed by atoms with van der Waals surface area (Å²) in [4.78, 5) is 14.6. The van der Waals surface area contributed by atoms with Crippen molar-refractivity contribution in [1.29, 1.82) is 0 Å². The molecule has 0 saturated carbocycles. The quantitative estimate of drug-likeness (QED) is 0.538. The number of hydrogen-bond acceptors (Lipinski definition) is 5. The van der Waals surface area contributed by atoms with Gasteiger partial charge in [0.2, 0.25) is 0 Å². The van der Waals surface area contributed by atoms with Gasteiger partial charge in [0, 0.05) is 31.5 Å². The Morgan fingerprint density at radius 3 is 2.76 bits per heavy atom. The van der Waals surface area contributed by atoms with Gasteiger partial charge >= 0.3 is 0 Å². The first-order valence-electron chi connectivity index (χ1n) is 9.50. The van der Waals surface area contributed by atoms with Gasteiger partial charge in [-0.15, -0.1) is 5.10 Å². The Hall–Kier alpha value is -3.52. The monoisotopic (exact) mass is 388 g/mol. The first kappa shape index (κ1) is 17.6. The van der Waals surface area contributed by atoms with Crippen molar-refractivity contribution in [3.8, 4) is 11.1 Å². The maximum Gasteiger partial charge on any atom is 0.272 e. The van der Waals surface area contributed by atoms with E-state index in [-0.39, 0.29) is 12.0 Å². The number of benzene rings is 1. The molecule has 1 amide bonds. The molecule has 0 radical (unpaired) electrons. The van der Waals surface area contributed by atoms with Gasteiger partial charge in [0.1, 0.15) is 17.5 Å². The van der Waals surface area contributed by atoms with Gasteiger partial charge in [-0.2, -0.15) is 5.10 Å². The van der Waals surface area contributed by atoms with E-state index in [9.17, 15) is 4.79 Å². The minimum atomic E-state index is -0.319. The van der Waals surface area contributed by atoms with Crippen LogP contribution in [0.25, 0.3) is 16.6 Å². The molecule has 0 spiro atoms. The molecule has 29 heavy (non-hydrogen) atoms. The number of carbonyl (C=O) groups excluding carboxylic acids is 1. The van der Waals surface area contributed by atoms with Crippen LogP contribution in [0.5, 0.6) is 0 Å². The molecule has 1 atom stereocenters. The second-order valence-electron chi connectivity index (χ2n) is 7.04. The van der Waals surface area contributed by atoms with Crippen LogP contribution in [0.1, 0.15) is 22.3 Å². The predicted octanol–water partition coefficient (Wildman–Crippen LogP) is 2.34. The molecular formula is C21H20N6O2. The minimum Gasteiger partial charge on any atom is -0.368 e. The smallest absolute Gasteiger partial charge is 0.272 e. The van der Waals surface area contributed by atoms with E-state index in [1.807, 2.05) is 30.5 Å². The summed E-state index contributed by atoms with van der Waals surface area (Å²) < 4.78 is 9.30. The first-order chi connectivity index (χ1) is 14.2. The van der Waals surface area contributed by atoms with Crippen molar-refractivity contribution in [1.82, 2.24) is 29.5 Å². The Bertz CT molecular complexity index is 1170. The molecule has 0 N–H and O–H groups in total. The minimum absolute atomic E-state index is 0.0545. The molecule has 8 heteroatoms. The predicted molar refractivity (Wildman–Crippen MR) is 106 cm³/mol. The zero-order chi connectivity index (χ0) is 19.8. The van der Waals surface area contributed by atoms with Crippen LogP contribution < -0.4 is 0 Å². The molecule has 1 aliphatic rings. The molecule has 3 aromatic heterocycles. The number of aromatic nitrogens is 5. The molecule has 8 nitrogen and oxygen atoms in total. The fourth-order valence-corrected chi connectivity index (χ4v) is 3.69. The van der Waals surface area contributed by atoms with Crippen molar-refractivity contribution in [3.63, 3.8) is 0 Å². The average molecular weight is 388 g/mol. The van der Waals surface area contributed by atoms with E-state index >= 15 is 0 Å². The summed E-state index contributed by atoms with van der Waals surface area (Å²) in [6.07, 6.45) is 3.27. The van der Waals surface area contributed by atoms with E-state index in [1.165, 1.54) is 0 Å². The largest absolute Gasteiger partial charge is 0.368 e. The number of amides is 1. The van der Waals surface area contributed by atoms with Crippen LogP contribution in [0.2, 0.25) is 0 Å². The van der Waals surface area contributed by atoms with Crippen LogP contribution in [0, 0.1) is 0 Å². The van der Waals surface area contributed by atoms with Crippen LogP contribution in [0.3, 0.4) is 0 Å². The average Bonchev–Trinajstić information content (AvgIpc) is 3.39. The number of carbonyl (C=O) groups is 1. The molecule has 146 valence electrons. The number of ether oxygens (including phenoxy) is 1. The van der Waals surface area contributed by atoms with E-state index in [0.29, 0.717) is 25.4 Å². The summed E-state index contributed by atoms with van der Waals surface area (Å²) in [5.41, 5.74) is 4.36. The number of rotatable bonds is 3. The Balaban J connectivity index is 1.42. The Labute approximate surface area is 167 Å². The molecular weight excluding hydrogens is 368 g/mol. The summed E-state index contributed by atoms with van der Waals surface area (Å²) in [6.45, 7) is 1.42. The van der Waals surface area contributed by atoms with Crippen LogP contribution in [-0.2, 0) is 11.8 Å². The molecule has 1 aromatic carbocycles. The number of morpholine rings is 1. The lowest BCUT2D eigenvalue weighted by Crippen LogP contribution is -2.43. The van der Waals surface area contributed by atoms with Gasteiger partial charge in [-0.25, -0.2) is 4.52 Å². The second-order valence-corrected chi connectivity index (χ2v) is 7.04. The van der Waals surface area contributed by atoms with Gasteiger partial charge < -0.3 is 9.64 Å². The molecule has 0 bridgehead atoms. The highest BCUT2D eigenvalue weighted by molar-refractivity contribution is 5.92. The maximum absolute atomic E-state index is 12.8. The fourth-order valence-electron chi connectivity index (χ4n) is 3.69. The summed E-state index contributed by atoms with van der Waals surface area (Å²) in [5, 5.41) is 12.7. The highest BCUT2D eigenvalue weighted by Crippen LogP contribution is 2.27. The third-order valence-electron chi connectivity index (χ3n) is 5.25. The normalized spacial score (nSPS) is 17.0. The summed E-state index contributed by atoms with van der Waals surface area (Å²) in [5.74, 6) is -0.0545. The van der Waals surface area contributed by atoms with E-state index in [2.05, 4.69) is 33.6 Å². The molecule has 4 aromatic rings. The molecule has 1 fully saturated rings. The van der Waals surface area contributed by atoms with Gasteiger partial charge in [-0.3, -0.25) is 9.48 Å². The Morgan fingerprint density at radius 1 is 1.10 bits per heavy atom.